The Hall–Kier alpha value is -1.55. The number of rotatable bonds is 5. The second-order valence-corrected chi connectivity index (χ2v) is 5.78. The van der Waals surface area contributed by atoms with Gasteiger partial charge in [-0.25, -0.2) is 4.79 Å². The van der Waals surface area contributed by atoms with Crippen LogP contribution in [0.5, 0.6) is 0 Å². The van der Waals surface area contributed by atoms with Crippen LogP contribution in [0, 0.1) is 6.92 Å². The number of carbonyl (C=O) groups is 1. The molecule has 0 aromatic heterocycles. The minimum atomic E-state index is -0.280. The van der Waals surface area contributed by atoms with E-state index in [1.165, 1.54) is 46.0 Å². The molecule has 0 amide bonds. The molecule has 1 saturated heterocycles. The van der Waals surface area contributed by atoms with E-state index >= 15 is 0 Å². The average molecular weight is 290 g/mol. The predicted molar refractivity (Wildman–Crippen MR) is 85.9 cm³/mol. The summed E-state index contributed by atoms with van der Waals surface area (Å²) in [5.74, 6) is -0.280. The van der Waals surface area contributed by atoms with Crippen molar-refractivity contribution in [2.75, 3.05) is 32.1 Å². The van der Waals surface area contributed by atoms with Crippen LogP contribution in [0.25, 0.3) is 0 Å². The number of piperidine rings is 1. The van der Waals surface area contributed by atoms with E-state index in [0.717, 1.165) is 11.3 Å². The molecule has 21 heavy (non-hydrogen) atoms. The summed E-state index contributed by atoms with van der Waals surface area (Å²) in [5, 5.41) is 3.62. The Balaban J connectivity index is 1.93. The summed E-state index contributed by atoms with van der Waals surface area (Å²) in [7, 11) is 1.41. The first-order valence-electron chi connectivity index (χ1n) is 7.82. The Morgan fingerprint density at radius 3 is 2.67 bits per heavy atom. The van der Waals surface area contributed by atoms with E-state index in [4.69, 9.17) is 4.74 Å². The topological polar surface area (TPSA) is 41.6 Å². The molecule has 1 fully saturated rings. The molecule has 4 nitrogen and oxygen atoms in total. The molecule has 1 aromatic rings. The summed E-state index contributed by atoms with van der Waals surface area (Å²) in [6, 6.07) is 6.23. The van der Waals surface area contributed by atoms with Crippen LogP contribution in [0.1, 0.15) is 42.1 Å². The maximum atomic E-state index is 11.5. The third-order valence-corrected chi connectivity index (χ3v) is 4.13. The quantitative estimate of drug-likeness (QED) is 0.846. The van der Waals surface area contributed by atoms with Crippen molar-refractivity contribution < 1.29 is 9.53 Å². The summed E-state index contributed by atoms with van der Waals surface area (Å²) in [4.78, 5) is 14.0. The Bertz CT molecular complexity index is 480. The van der Waals surface area contributed by atoms with Crippen molar-refractivity contribution in [1.29, 1.82) is 0 Å². The first-order valence-corrected chi connectivity index (χ1v) is 7.82. The largest absolute Gasteiger partial charge is 0.465 e. The number of carbonyl (C=O) groups excluding carboxylic acids is 1. The van der Waals surface area contributed by atoms with E-state index < -0.39 is 0 Å². The first kappa shape index (κ1) is 15.8. The highest BCUT2D eigenvalue weighted by molar-refractivity contribution is 5.90. The molecule has 2 rings (SSSR count). The SMILES string of the molecule is CCCN1CCC(Nc2ccc(C(=O)OC)cc2C)CC1. The van der Waals surface area contributed by atoms with Gasteiger partial charge in [-0.3, -0.25) is 0 Å². The molecule has 1 aliphatic rings. The molecule has 4 heteroatoms. The zero-order chi connectivity index (χ0) is 15.2. The Morgan fingerprint density at radius 1 is 1.38 bits per heavy atom. The van der Waals surface area contributed by atoms with Crippen LogP contribution in [0.15, 0.2) is 18.2 Å². The molecule has 0 bridgehead atoms. The molecule has 1 heterocycles. The number of nitrogens with zero attached hydrogens (tertiary/aromatic N) is 1. The van der Waals surface area contributed by atoms with Gasteiger partial charge in [-0.2, -0.15) is 0 Å². The van der Waals surface area contributed by atoms with Gasteiger partial charge in [0.2, 0.25) is 0 Å². The summed E-state index contributed by atoms with van der Waals surface area (Å²) >= 11 is 0. The molecule has 0 radical (unpaired) electrons. The van der Waals surface area contributed by atoms with Gasteiger partial charge in [-0.1, -0.05) is 6.92 Å². The standard InChI is InChI=1S/C17H26N2O2/c1-4-9-19-10-7-15(8-11-19)18-16-6-5-14(12-13(16)2)17(20)21-3/h5-6,12,15,18H,4,7-11H2,1-3H3. The van der Waals surface area contributed by atoms with Gasteiger partial charge in [-0.05, 0) is 56.5 Å². The highest BCUT2D eigenvalue weighted by Crippen LogP contribution is 2.21. The molecule has 0 saturated carbocycles. The van der Waals surface area contributed by atoms with Crippen molar-refractivity contribution in [1.82, 2.24) is 4.90 Å². The van der Waals surface area contributed by atoms with E-state index in [9.17, 15) is 4.79 Å². The lowest BCUT2D eigenvalue weighted by atomic mass is 10.0. The fourth-order valence-corrected chi connectivity index (χ4v) is 2.91. The second kappa shape index (κ2) is 7.46. The monoisotopic (exact) mass is 290 g/mol. The van der Waals surface area contributed by atoms with Gasteiger partial charge in [-0.15, -0.1) is 0 Å². The summed E-state index contributed by atoms with van der Waals surface area (Å²) in [6.45, 7) is 7.81. The van der Waals surface area contributed by atoms with Crippen molar-refractivity contribution in [2.24, 2.45) is 0 Å². The van der Waals surface area contributed by atoms with Crippen LogP contribution in [-0.4, -0.2) is 43.7 Å². The molecular formula is C17H26N2O2. The van der Waals surface area contributed by atoms with Gasteiger partial charge >= 0.3 is 5.97 Å². The number of nitrogens with one attached hydrogen (secondary N) is 1. The summed E-state index contributed by atoms with van der Waals surface area (Å²) in [6.07, 6.45) is 3.59. The van der Waals surface area contributed by atoms with E-state index in [1.807, 2.05) is 25.1 Å². The van der Waals surface area contributed by atoms with Gasteiger partial charge in [0.25, 0.3) is 0 Å². The lowest BCUT2D eigenvalue weighted by Crippen LogP contribution is -2.39. The van der Waals surface area contributed by atoms with Gasteiger partial charge in [0, 0.05) is 24.8 Å². The normalized spacial score (nSPS) is 16.7. The zero-order valence-corrected chi connectivity index (χ0v) is 13.3. The van der Waals surface area contributed by atoms with E-state index in [1.54, 1.807) is 0 Å². The second-order valence-electron chi connectivity index (χ2n) is 5.78. The molecule has 1 aromatic carbocycles. The number of anilines is 1. The zero-order valence-electron chi connectivity index (χ0n) is 13.3. The van der Waals surface area contributed by atoms with E-state index in [-0.39, 0.29) is 5.97 Å². The van der Waals surface area contributed by atoms with Crippen LogP contribution in [0.2, 0.25) is 0 Å². The van der Waals surface area contributed by atoms with Gasteiger partial charge in [0.1, 0.15) is 0 Å². The van der Waals surface area contributed by atoms with Crippen molar-refractivity contribution in [3.05, 3.63) is 29.3 Å². The fourth-order valence-electron chi connectivity index (χ4n) is 2.91. The van der Waals surface area contributed by atoms with Crippen molar-refractivity contribution in [3.63, 3.8) is 0 Å². The van der Waals surface area contributed by atoms with E-state index in [2.05, 4.69) is 17.1 Å². The van der Waals surface area contributed by atoms with E-state index in [0.29, 0.717) is 11.6 Å². The Kier molecular flexibility index (Phi) is 5.62. The molecule has 0 unspecified atom stereocenters. The predicted octanol–water partition coefficient (Wildman–Crippen LogP) is 3.07. The Labute approximate surface area is 127 Å². The Morgan fingerprint density at radius 2 is 2.10 bits per heavy atom. The number of hydrogen-bond donors (Lipinski definition) is 1. The minimum Gasteiger partial charge on any atom is -0.465 e. The molecular weight excluding hydrogens is 264 g/mol. The molecule has 1 N–H and O–H groups in total. The number of methoxy groups -OCH3 is 1. The van der Waals surface area contributed by atoms with Crippen LogP contribution in [-0.2, 0) is 4.74 Å². The highest BCUT2D eigenvalue weighted by atomic mass is 16.5. The third-order valence-electron chi connectivity index (χ3n) is 4.13. The lowest BCUT2D eigenvalue weighted by Gasteiger charge is -2.33. The molecule has 0 spiro atoms. The highest BCUT2D eigenvalue weighted by Gasteiger charge is 2.19. The fraction of sp³-hybridized carbons (Fsp3) is 0.588. The van der Waals surface area contributed by atoms with Crippen molar-refractivity contribution in [2.45, 2.75) is 39.2 Å². The number of aryl methyl sites for hydroxylation is 1. The maximum Gasteiger partial charge on any atom is 0.337 e. The van der Waals surface area contributed by atoms with Gasteiger partial charge < -0.3 is 15.0 Å². The smallest absolute Gasteiger partial charge is 0.337 e. The van der Waals surface area contributed by atoms with Crippen molar-refractivity contribution in [3.8, 4) is 0 Å². The lowest BCUT2D eigenvalue weighted by molar-refractivity contribution is 0.0600. The van der Waals surface area contributed by atoms with Crippen LogP contribution in [0.3, 0.4) is 0 Å². The molecule has 0 atom stereocenters. The number of ether oxygens (including phenoxy) is 1. The molecule has 1 aliphatic heterocycles. The van der Waals surface area contributed by atoms with Crippen LogP contribution in [0.4, 0.5) is 5.69 Å². The maximum absolute atomic E-state index is 11.5. The van der Waals surface area contributed by atoms with Crippen LogP contribution >= 0.6 is 0 Å². The first-order chi connectivity index (χ1) is 10.1. The van der Waals surface area contributed by atoms with Gasteiger partial charge in [0.05, 0.1) is 12.7 Å². The average Bonchev–Trinajstić information content (AvgIpc) is 2.50. The third kappa shape index (κ3) is 4.21. The number of benzene rings is 1. The van der Waals surface area contributed by atoms with Gasteiger partial charge in [0.15, 0.2) is 0 Å². The molecule has 116 valence electrons. The van der Waals surface area contributed by atoms with Crippen molar-refractivity contribution >= 4 is 11.7 Å². The number of likely N-dealkylation sites (tertiary alicyclic amines) is 1. The number of hydrogen-bond acceptors (Lipinski definition) is 4. The molecule has 0 aliphatic carbocycles. The summed E-state index contributed by atoms with van der Waals surface area (Å²) < 4.78 is 4.75. The summed E-state index contributed by atoms with van der Waals surface area (Å²) in [5.41, 5.74) is 2.82. The number of esters is 1. The van der Waals surface area contributed by atoms with Crippen LogP contribution < -0.4 is 5.32 Å². The minimum absolute atomic E-state index is 0.280.